The summed E-state index contributed by atoms with van der Waals surface area (Å²) in [5.74, 6) is 0.881. The molecule has 1 aliphatic heterocycles. The summed E-state index contributed by atoms with van der Waals surface area (Å²) in [5, 5.41) is 12.6. The zero-order valence-electron chi connectivity index (χ0n) is 16.9. The number of nitrogens with zero attached hydrogens (tertiary/aromatic N) is 1. The average molecular weight is 396 g/mol. The summed E-state index contributed by atoms with van der Waals surface area (Å²) >= 11 is 0. The number of carbonyl (C=O) groups excluding carboxylic acids is 2. The van der Waals surface area contributed by atoms with E-state index in [0.29, 0.717) is 30.4 Å². The highest BCUT2D eigenvalue weighted by Crippen LogP contribution is 2.29. The summed E-state index contributed by atoms with van der Waals surface area (Å²) in [4.78, 5) is 26.1. The lowest BCUT2D eigenvalue weighted by Crippen LogP contribution is -2.41. The van der Waals surface area contributed by atoms with Crippen molar-refractivity contribution in [2.75, 3.05) is 18.4 Å². The molecule has 1 fully saturated rings. The Balaban J connectivity index is 1.49. The van der Waals surface area contributed by atoms with Crippen LogP contribution < -0.4 is 10.1 Å². The standard InChI is InChI=1S/C23H28N2O4/c1-23(2,28)16-21(26)25-14-12-18(13-15-25)17-8-10-19(11-9-17)24-22(27)29-20-6-4-3-5-7-20/h3-11,18,28H,12-16H2,1-2H3,(H,24,27). The normalized spacial score (nSPS) is 15.1. The summed E-state index contributed by atoms with van der Waals surface area (Å²) < 4.78 is 5.23. The number of likely N-dealkylation sites (tertiary alicyclic amines) is 1. The second kappa shape index (κ2) is 9.09. The van der Waals surface area contributed by atoms with Gasteiger partial charge in [-0.05, 0) is 62.4 Å². The fraction of sp³-hybridized carbons (Fsp3) is 0.391. The highest BCUT2D eigenvalue weighted by Gasteiger charge is 2.27. The van der Waals surface area contributed by atoms with E-state index < -0.39 is 11.7 Å². The lowest BCUT2D eigenvalue weighted by molar-refractivity contribution is -0.136. The number of piperidine rings is 1. The van der Waals surface area contributed by atoms with Crippen molar-refractivity contribution < 1.29 is 19.4 Å². The molecule has 0 atom stereocenters. The van der Waals surface area contributed by atoms with Gasteiger partial charge in [-0.3, -0.25) is 10.1 Å². The lowest BCUT2D eigenvalue weighted by atomic mass is 9.89. The molecule has 0 aromatic heterocycles. The van der Waals surface area contributed by atoms with Gasteiger partial charge >= 0.3 is 6.09 Å². The number of benzene rings is 2. The summed E-state index contributed by atoms with van der Waals surface area (Å²) in [6.07, 6.45) is 1.40. The first kappa shape index (κ1) is 20.9. The van der Waals surface area contributed by atoms with E-state index in [2.05, 4.69) is 5.32 Å². The van der Waals surface area contributed by atoms with Gasteiger partial charge in [-0.15, -0.1) is 0 Å². The number of aliphatic hydroxyl groups is 1. The van der Waals surface area contributed by atoms with Crippen molar-refractivity contribution in [3.63, 3.8) is 0 Å². The number of carbonyl (C=O) groups is 2. The Morgan fingerprint density at radius 3 is 2.28 bits per heavy atom. The van der Waals surface area contributed by atoms with Gasteiger partial charge in [0.15, 0.2) is 0 Å². The number of rotatable bonds is 5. The summed E-state index contributed by atoms with van der Waals surface area (Å²) in [7, 11) is 0. The lowest BCUT2D eigenvalue weighted by Gasteiger charge is -2.33. The number of hydrogen-bond donors (Lipinski definition) is 2. The van der Waals surface area contributed by atoms with Crippen molar-refractivity contribution in [3.05, 3.63) is 60.2 Å². The first-order chi connectivity index (χ1) is 13.8. The highest BCUT2D eigenvalue weighted by molar-refractivity contribution is 5.86. The minimum absolute atomic E-state index is 0.00688. The number of hydrogen-bond acceptors (Lipinski definition) is 4. The van der Waals surface area contributed by atoms with Crippen molar-refractivity contribution in [2.24, 2.45) is 0 Å². The molecule has 0 bridgehead atoms. The molecule has 2 aromatic carbocycles. The molecule has 0 unspecified atom stereocenters. The van der Waals surface area contributed by atoms with E-state index in [1.165, 1.54) is 5.56 Å². The molecule has 0 radical (unpaired) electrons. The van der Waals surface area contributed by atoms with Gasteiger partial charge in [0.05, 0.1) is 12.0 Å². The molecule has 0 saturated carbocycles. The number of amides is 2. The van der Waals surface area contributed by atoms with Gasteiger partial charge in [0, 0.05) is 18.8 Å². The predicted octanol–water partition coefficient (Wildman–Crippen LogP) is 4.16. The maximum absolute atomic E-state index is 12.2. The van der Waals surface area contributed by atoms with Gasteiger partial charge in [-0.2, -0.15) is 0 Å². The van der Waals surface area contributed by atoms with Gasteiger partial charge in [0.2, 0.25) is 5.91 Å². The average Bonchev–Trinajstić information content (AvgIpc) is 2.68. The Morgan fingerprint density at radius 2 is 1.69 bits per heavy atom. The Kier molecular flexibility index (Phi) is 6.54. The van der Waals surface area contributed by atoms with Crippen LogP contribution in [0.15, 0.2) is 54.6 Å². The predicted molar refractivity (Wildman–Crippen MR) is 112 cm³/mol. The molecule has 1 heterocycles. The molecule has 0 aliphatic carbocycles. The zero-order chi connectivity index (χ0) is 20.9. The van der Waals surface area contributed by atoms with Crippen molar-refractivity contribution in [3.8, 4) is 5.75 Å². The van der Waals surface area contributed by atoms with Crippen LogP contribution in [0.4, 0.5) is 10.5 Å². The maximum Gasteiger partial charge on any atom is 0.417 e. The molecule has 6 heteroatoms. The van der Waals surface area contributed by atoms with Gasteiger partial charge in [-0.25, -0.2) is 4.79 Å². The van der Waals surface area contributed by atoms with Crippen LogP contribution in [-0.2, 0) is 4.79 Å². The minimum Gasteiger partial charge on any atom is -0.410 e. The van der Waals surface area contributed by atoms with Crippen molar-refractivity contribution >= 4 is 17.7 Å². The molecule has 0 spiro atoms. The first-order valence-electron chi connectivity index (χ1n) is 9.94. The van der Waals surface area contributed by atoms with E-state index in [9.17, 15) is 14.7 Å². The maximum atomic E-state index is 12.2. The van der Waals surface area contributed by atoms with Gasteiger partial charge in [0.1, 0.15) is 5.75 Å². The van der Waals surface area contributed by atoms with Crippen LogP contribution in [0.5, 0.6) is 5.75 Å². The van der Waals surface area contributed by atoms with E-state index in [4.69, 9.17) is 4.74 Å². The van der Waals surface area contributed by atoms with Crippen molar-refractivity contribution in [1.29, 1.82) is 0 Å². The van der Waals surface area contributed by atoms with Crippen LogP contribution in [0.3, 0.4) is 0 Å². The summed E-state index contributed by atoms with van der Waals surface area (Å²) in [6.45, 7) is 4.71. The molecule has 2 N–H and O–H groups in total. The molecular formula is C23H28N2O4. The number of para-hydroxylation sites is 1. The molecule has 3 rings (SSSR count). The Morgan fingerprint density at radius 1 is 1.07 bits per heavy atom. The molecule has 29 heavy (non-hydrogen) atoms. The molecule has 1 saturated heterocycles. The monoisotopic (exact) mass is 396 g/mol. The van der Waals surface area contributed by atoms with E-state index in [1.54, 1.807) is 38.1 Å². The van der Waals surface area contributed by atoms with Crippen molar-refractivity contribution in [1.82, 2.24) is 4.90 Å². The smallest absolute Gasteiger partial charge is 0.410 e. The molecule has 2 aromatic rings. The van der Waals surface area contributed by atoms with Crippen LogP contribution in [0.25, 0.3) is 0 Å². The van der Waals surface area contributed by atoms with Gasteiger partial charge < -0.3 is 14.7 Å². The summed E-state index contributed by atoms with van der Waals surface area (Å²) in [6, 6.07) is 16.7. The van der Waals surface area contributed by atoms with Crippen LogP contribution in [0.1, 0.15) is 44.6 Å². The van der Waals surface area contributed by atoms with Gasteiger partial charge in [0.25, 0.3) is 0 Å². The van der Waals surface area contributed by atoms with Gasteiger partial charge in [-0.1, -0.05) is 30.3 Å². The third-order valence-corrected chi connectivity index (χ3v) is 5.01. The minimum atomic E-state index is -0.974. The molecule has 6 nitrogen and oxygen atoms in total. The van der Waals surface area contributed by atoms with Crippen LogP contribution in [0, 0.1) is 0 Å². The first-order valence-corrected chi connectivity index (χ1v) is 9.94. The topological polar surface area (TPSA) is 78.9 Å². The van der Waals surface area contributed by atoms with E-state index >= 15 is 0 Å². The fourth-order valence-electron chi connectivity index (χ4n) is 3.52. The Bertz CT molecular complexity index is 820. The quantitative estimate of drug-likeness (QED) is 0.795. The second-order valence-corrected chi connectivity index (χ2v) is 8.09. The Hall–Kier alpha value is -2.86. The zero-order valence-corrected chi connectivity index (χ0v) is 16.9. The second-order valence-electron chi connectivity index (χ2n) is 8.09. The third-order valence-electron chi connectivity index (χ3n) is 5.01. The third kappa shape index (κ3) is 6.32. The van der Waals surface area contributed by atoms with E-state index in [-0.39, 0.29) is 12.3 Å². The van der Waals surface area contributed by atoms with Crippen LogP contribution >= 0.6 is 0 Å². The summed E-state index contributed by atoms with van der Waals surface area (Å²) in [5.41, 5.74) is 0.896. The Labute approximate surface area is 171 Å². The molecule has 2 amide bonds. The van der Waals surface area contributed by atoms with E-state index in [1.807, 2.05) is 35.2 Å². The van der Waals surface area contributed by atoms with Crippen LogP contribution in [-0.4, -0.2) is 40.7 Å². The molecular weight excluding hydrogens is 368 g/mol. The number of anilines is 1. The van der Waals surface area contributed by atoms with Crippen LogP contribution in [0.2, 0.25) is 0 Å². The largest absolute Gasteiger partial charge is 0.417 e. The molecule has 1 aliphatic rings. The molecule has 154 valence electrons. The number of ether oxygens (including phenoxy) is 1. The highest BCUT2D eigenvalue weighted by atomic mass is 16.6. The fourth-order valence-corrected chi connectivity index (χ4v) is 3.52. The SMILES string of the molecule is CC(C)(O)CC(=O)N1CCC(c2ccc(NC(=O)Oc3ccccc3)cc2)CC1. The van der Waals surface area contributed by atoms with E-state index in [0.717, 1.165) is 12.8 Å². The number of nitrogens with one attached hydrogen (secondary N) is 1. The van der Waals surface area contributed by atoms with Crippen molar-refractivity contribution in [2.45, 2.75) is 44.6 Å².